The van der Waals surface area contributed by atoms with Gasteiger partial charge in [0.1, 0.15) is 5.82 Å². The van der Waals surface area contributed by atoms with Crippen LogP contribution in [-0.2, 0) is 6.54 Å². The van der Waals surface area contributed by atoms with Gasteiger partial charge < -0.3 is 10.6 Å². The van der Waals surface area contributed by atoms with Crippen molar-refractivity contribution < 1.29 is 4.39 Å². The lowest BCUT2D eigenvalue weighted by Crippen LogP contribution is -2.35. The first kappa shape index (κ1) is 13.6. The van der Waals surface area contributed by atoms with Crippen LogP contribution >= 0.6 is 0 Å². The molecule has 2 aromatic rings. The summed E-state index contributed by atoms with van der Waals surface area (Å²) in [5, 5.41) is 0. The highest BCUT2D eigenvalue weighted by atomic mass is 19.1. The smallest absolute Gasteiger partial charge is 0.192 e. The Morgan fingerprint density at radius 1 is 1.24 bits per heavy atom. The van der Waals surface area contributed by atoms with Crippen molar-refractivity contribution in [2.45, 2.75) is 19.5 Å². The molecule has 0 saturated heterocycles. The Morgan fingerprint density at radius 3 is 2.76 bits per heavy atom. The highest BCUT2D eigenvalue weighted by Gasteiger charge is 2.29. The van der Waals surface area contributed by atoms with Crippen molar-refractivity contribution in [3.05, 3.63) is 71.0 Å². The lowest BCUT2D eigenvalue weighted by Gasteiger charge is -2.27. The molecule has 1 atom stereocenters. The molecule has 0 saturated carbocycles. The van der Waals surface area contributed by atoms with Crippen molar-refractivity contribution in [3.63, 3.8) is 0 Å². The first-order valence-corrected chi connectivity index (χ1v) is 7.01. The van der Waals surface area contributed by atoms with Gasteiger partial charge in [-0.15, -0.1) is 0 Å². The largest absolute Gasteiger partial charge is 0.370 e. The number of nitrogens with zero attached hydrogens (tertiary/aromatic N) is 2. The molecule has 1 unspecified atom stereocenters. The van der Waals surface area contributed by atoms with Crippen molar-refractivity contribution in [1.82, 2.24) is 4.90 Å². The number of halogens is 1. The average Bonchev–Trinajstić information content (AvgIpc) is 2.84. The SMILES string of the molecule is Cc1ccc(F)c(C2CN=C(N)N2Cc2ccccc2)c1. The minimum Gasteiger partial charge on any atom is -0.370 e. The highest BCUT2D eigenvalue weighted by molar-refractivity contribution is 5.80. The summed E-state index contributed by atoms with van der Waals surface area (Å²) in [6.45, 7) is 3.09. The molecule has 1 aliphatic rings. The number of guanidine groups is 1. The van der Waals surface area contributed by atoms with Gasteiger partial charge in [-0.05, 0) is 18.6 Å². The van der Waals surface area contributed by atoms with E-state index in [0.29, 0.717) is 24.6 Å². The molecule has 0 spiro atoms. The third-order valence-corrected chi connectivity index (χ3v) is 3.80. The van der Waals surface area contributed by atoms with Gasteiger partial charge in [-0.25, -0.2) is 4.39 Å². The van der Waals surface area contributed by atoms with Gasteiger partial charge in [0.15, 0.2) is 5.96 Å². The fraction of sp³-hybridized carbons (Fsp3) is 0.235. The van der Waals surface area contributed by atoms with Crippen molar-refractivity contribution in [2.24, 2.45) is 10.7 Å². The van der Waals surface area contributed by atoms with Crippen LogP contribution in [0.25, 0.3) is 0 Å². The molecule has 108 valence electrons. The number of rotatable bonds is 3. The van der Waals surface area contributed by atoms with Crippen molar-refractivity contribution in [3.8, 4) is 0 Å². The van der Waals surface area contributed by atoms with Crippen LogP contribution in [0.5, 0.6) is 0 Å². The van der Waals surface area contributed by atoms with Crippen molar-refractivity contribution in [1.29, 1.82) is 0 Å². The second-order valence-electron chi connectivity index (χ2n) is 5.35. The molecular formula is C17H18FN3. The Morgan fingerprint density at radius 2 is 2.00 bits per heavy atom. The van der Waals surface area contributed by atoms with Crippen LogP contribution in [0.3, 0.4) is 0 Å². The maximum atomic E-state index is 14.1. The molecule has 4 heteroatoms. The van der Waals surface area contributed by atoms with Crippen molar-refractivity contribution in [2.75, 3.05) is 6.54 Å². The normalized spacial score (nSPS) is 17.9. The Hall–Kier alpha value is -2.36. The molecule has 0 amide bonds. The molecular weight excluding hydrogens is 265 g/mol. The van der Waals surface area contributed by atoms with E-state index in [1.54, 1.807) is 6.07 Å². The van der Waals surface area contributed by atoms with Gasteiger partial charge in [-0.3, -0.25) is 4.99 Å². The zero-order valence-corrected chi connectivity index (χ0v) is 12.0. The number of aryl methyl sites for hydroxylation is 1. The van der Waals surface area contributed by atoms with Crippen LogP contribution in [0.4, 0.5) is 4.39 Å². The van der Waals surface area contributed by atoms with Gasteiger partial charge in [0.2, 0.25) is 0 Å². The summed E-state index contributed by atoms with van der Waals surface area (Å²) in [5.41, 5.74) is 8.83. The molecule has 2 N–H and O–H groups in total. The first-order valence-electron chi connectivity index (χ1n) is 7.01. The lowest BCUT2D eigenvalue weighted by molar-refractivity contribution is 0.331. The van der Waals surface area contributed by atoms with Gasteiger partial charge in [-0.1, -0.05) is 48.0 Å². The molecule has 3 nitrogen and oxygen atoms in total. The van der Waals surface area contributed by atoms with Crippen LogP contribution in [0, 0.1) is 12.7 Å². The summed E-state index contributed by atoms with van der Waals surface area (Å²) < 4.78 is 14.1. The Labute approximate surface area is 123 Å². The summed E-state index contributed by atoms with van der Waals surface area (Å²) in [6.07, 6.45) is 0. The molecule has 0 radical (unpaired) electrons. The standard InChI is InChI=1S/C17H18FN3/c1-12-7-8-15(18)14(9-12)16-10-20-17(19)21(16)11-13-5-3-2-4-6-13/h2-9,16H,10-11H2,1H3,(H2,19,20). The Balaban J connectivity index is 1.90. The quantitative estimate of drug-likeness (QED) is 0.941. The van der Waals surface area contributed by atoms with Gasteiger partial charge in [0.25, 0.3) is 0 Å². The summed E-state index contributed by atoms with van der Waals surface area (Å²) in [7, 11) is 0. The summed E-state index contributed by atoms with van der Waals surface area (Å²) in [6, 6.07) is 15.1. The topological polar surface area (TPSA) is 41.6 Å². The zero-order chi connectivity index (χ0) is 14.8. The number of nitrogens with two attached hydrogens (primary N) is 1. The van der Waals surface area contributed by atoms with Crippen LogP contribution in [0.2, 0.25) is 0 Å². The lowest BCUT2D eigenvalue weighted by atomic mass is 10.0. The molecule has 21 heavy (non-hydrogen) atoms. The molecule has 0 bridgehead atoms. The first-order chi connectivity index (χ1) is 10.1. The Bertz CT molecular complexity index is 667. The Kier molecular flexibility index (Phi) is 3.60. The minimum atomic E-state index is -0.200. The van der Waals surface area contributed by atoms with E-state index in [2.05, 4.69) is 4.99 Å². The third kappa shape index (κ3) is 2.75. The van der Waals surface area contributed by atoms with Gasteiger partial charge in [0, 0.05) is 12.1 Å². The number of benzene rings is 2. The molecule has 1 aliphatic heterocycles. The number of hydrogen-bond acceptors (Lipinski definition) is 3. The van der Waals surface area contributed by atoms with Crippen molar-refractivity contribution >= 4 is 5.96 Å². The second-order valence-corrected chi connectivity index (χ2v) is 5.35. The predicted octanol–water partition coefficient (Wildman–Crippen LogP) is 3.01. The van der Waals surface area contributed by atoms with E-state index < -0.39 is 0 Å². The average molecular weight is 283 g/mol. The van der Waals surface area contributed by atoms with Crippen LogP contribution < -0.4 is 5.73 Å². The molecule has 0 fully saturated rings. The van der Waals surface area contributed by atoms with E-state index in [1.807, 2.05) is 48.2 Å². The van der Waals surface area contributed by atoms with Gasteiger partial charge in [0.05, 0.1) is 12.6 Å². The summed E-state index contributed by atoms with van der Waals surface area (Å²) >= 11 is 0. The van der Waals surface area contributed by atoms with E-state index >= 15 is 0 Å². The molecule has 0 aromatic heterocycles. The third-order valence-electron chi connectivity index (χ3n) is 3.80. The van der Waals surface area contributed by atoms with E-state index in [9.17, 15) is 4.39 Å². The fourth-order valence-electron chi connectivity index (χ4n) is 2.69. The molecule has 1 heterocycles. The monoisotopic (exact) mass is 283 g/mol. The van der Waals surface area contributed by atoms with Crippen LogP contribution in [-0.4, -0.2) is 17.4 Å². The molecule has 0 aliphatic carbocycles. The van der Waals surface area contributed by atoms with Crippen LogP contribution in [0.15, 0.2) is 53.5 Å². The predicted molar refractivity (Wildman–Crippen MR) is 82.4 cm³/mol. The minimum absolute atomic E-state index is 0.134. The maximum absolute atomic E-state index is 14.1. The van der Waals surface area contributed by atoms with E-state index in [0.717, 1.165) is 11.1 Å². The van der Waals surface area contributed by atoms with Gasteiger partial charge in [-0.2, -0.15) is 0 Å². The number of aliphatic imine (C=N–C) groups is 1. The molecule has 2 aromatic carbocycles. The summed E-state index contributed by atoms with van der Waals surface area (Å²) in [5.74, 6) is 0.276. The fourth-order valence-corrected chi connectivity index (χ4v) is 2.69. The van der Waals surface area contributed by atoms with E-state index in [1.165, 1.54) is 6.07 Å². The zero-order valence-electron chi connectivity index (χ0n) is 12.0. The van der Waals surface area contributed by atoms with E-state index in [-0.39, 0.29) is 11.9 Å². The number of hydrogen-bond donors (Lipinski definition) is 1. The molecule has 3 rings (SSSR count). The summed E-state index contributed by atoms with van der Waals surface area (Å²) in [4.78, 5) is 6.26. The van der Waals surface area contributed by atoms with E-state index in [4.69, 9.17) is 5.73 Å². The highest BCUT2D eigenvalue weighted by Crippen LogP contribution is 2.29. The second kappa shape index (κ2) is 5.56. The van der Waals surface area contributed by atoms with Crippen LogP contribution in [0.1, 0.15) is 22.7 Å². The maximum Gasteiger partial charge on any atom is 0.192 e. The van der Waals surface area contributed by atoms with Gasteiger partial charge >= 0.3 is 0 Å².